The fraction of sp³-hybridized carbons (Fsp3) is 0.615. The first kappa shape index (κ1) is 12.8. The molecular formula is C13H23N3. The van der Waals surface area contributed by atoms with Crippen molar-refractivity contribution in [2.75, 3.05) is 24.3 Å². The van der Waals surface area contributed by atoms with Crippen LogP contribution in [-0.2, 0) is 0 Å². The molecule has 1 aromatic rings. The molecule has 0 radical (unpaired) electrons. The molecule has 0 amide bonds. The number of hydrogen-bond donors (Lipinski definition) is 1. The molecule has 1 unspecified atom stereocenters. The number of pyridine rings is 1. The predicted octanol–water partition coefficient (Wildman–Crippen LogP) is 3.14. The van der Waals surface area contributed by atoms with Crippen molar-refractivity contribution < 1.29 is 0 Å². The normalized spacial score (nSPS) is 12.2. The van der Waals surface area contributed by atoms with Crippen LogP contribution in [0.15, 0.2) is 18.3 Å². The molecule has 3 nitrogen and oxygen atoms in total. The van der Waals surface area contributed by atoms with E-state index in [2.05, 4.69) is 30.2 Å². The van der Waals surface area contributed by atoms with Crippen LogP contribution in [0.2, 0.25) is 0 Å². The minimum Gasteiger partial charge on any atom is -0.381 e. The van der Waals surface area contributed by atoms with Crippen molar-refractivity contribution >= 4 is 11.5 Å². The van der Waals surface area contributed by atoms with Crippen molar-refractivity contribution in [2.24, 2.45) is 0 Å². The van der Waals surface area contributed by atoms with Gasteiger partial charge in [-0.05, 0) is 25.0 Å². The number of nitrogens with zero attached hydrogens (tertiary/aromatic N) is 2. The SMILES string of the molecule is CCCC(CC)Nc1ccc(N(C)C)nc1. The molecule has 0 saturated carbocycles. The van der Waals surface area contributed by atoms with Gasteiger partial charge in [0, 0.05) is 20.1 Å². The topological polar surface area (TPSA) is 28.2 Å². The number of anilines is 2. The van der Waals surface area contributed by atoms with Gasteiger partial charge < -0.3 is 10.2 Å². The maximum Gasteiger partial charge on any atom is 0.128 e. The van der Waals surface area contributed by atoms with Gasteiger partial charge in [-0.15, -0.1) is 0 Å². The molecule has 0 fully saturated rings. The first-order chi connectivity index (χ1) is 7.67. The Morgan fingerprint density at radius 2 is 2.06 bits per heavy atom. The van der Waals surface area contributed by atoms with Crippen LogP contribution < -0.4 is 10.2 Å². The Hall–Kier alpha value is -1.25. The largest absolute Gasteiger partial charge is 0.381 e. The zero-order chi connectivity index (χ0) is 12.0. The molecule has 0 aliphatic carbocycles. The highest BCUT2D eigenvalue weighted by atomic mass is 15.1. The molecule has 90 valence electrons. The van der Waals surface area contributed by atoms with E-state index in [4.69, 9.17) is 0 Å². The molecule has 1 heterocycles. The average Bonchev–Trinajstić information content (AvgIpc) is 2.29. The Balaban J connectivity index is 2.60. The second-order valence-corrected chi connectivity index (χ2v) is 4.34. The van der Waals surface area contributed by atoms with Crippen molar-refractivity contribution in [3.63, 3.8) is 0 Å². The van der Waals surface area contributed by atoms with Crippen LogP contribution in [-0.4, -0.2) is 25.1 Å². The van der Waals surface area contributed by atoms with Gasteiger partial charge in [0.25, 0.3) is 0 Å². The fourth-order valence-electron chi connectivity index (χ4n) is 1.70. The summed E-state index contributed by atoms with van der Waals surface area (Å²) in [5.41, 5.74) is 1.12. The Morgan fingerprint density at radius 3 is 2.50 bits per heavy atom. The summed E-state index contributed by atoms with van der Waals surface area (Å²) < 4.78 is 0. The molecule has 0 spiro atoms. The van der Waals surface area contributed by atoms with Crippen LogP contribution >= 0.6 is 0 Å². The Bertz CT molecular complexity index is 293. The summed E-state index contributed by atoms with van der Waals surface area (Å²) in [6.45, 7) is 4.44. The Morgan fingerprint density at radius 1 is 1.31 bits per heavy atom. The third-order valence-electron chi connectivity index (χ3n) is 2.71. The van der Waals surface area contributed by atoms with Crippen molar-refractivity contribution in [1.29, 1.82) is 0 Å². The van der Waals surface area contributed by atoms with E-state index in [1.54, 1.807) is 0 Å². The number of hydrogen-bond acceptors (Lipinski definition) is 3. The molecule has 0 aliphatic rings. The van der Waals surface area contributed by atoms with Crippen molar-refractivity contribution in [1.82, 2.24) is 4.98 Å². The molecule has 1 aromatic heterocycles. The minimum atomic E-state index is 0.567. The van der Waals surface area contributed by atoms with Crippen LogP contribution in [0.5, 0.6) is 0 Å². The number of aromatic nitrogens is 1. The van der Waals surface area contributed by atoms with Gasteiger partial charge in [0.2, 0.25) is 0 Å². The fourth-order valence-corrected chi connectivity index (χ4v) is 1.70. The third kappa shape index (κ3) is 3.72. The Labute approximate surface area is 98.9 Å². The van der Waals surface area contributed by atoms with E-state index in [1.807, 2.05) is 31.3 Å². The second-order valence-electron chi connectivity index (χ2n) is 4.34. The summed E-state index contributed by atoms with van der Waals surface area (Å²) >= 11 is 0. The molecule has 0 bridgehead atoms. The average molecular weight is 221 g/mol. The van der Waals surface area contributed by atoms with Crippen LogP contribution in [0.25, 0.3) is 0 Å². The highest BCUT2D eigenvalue weighted by Gasteiger charge is 2.05. The molecule has 1 atom stereocenters. The van der Waals surface area contributed by atoms with Crippen LogP contribution in [0.3, 0.4) is 0 Å². The quantitative estimate of drug-likeness (QED) is 0.800. The summed E-state index contributed by atoms with van der Waals surface area (Å²) in [7, 11) is 4.00. The summed E-state index contributed by atoms with van der Waals surface area (Å²) in [6.07, 6.45) is 5.50. The lowest BCUT2D eigenvalue weighted by Crippen LogP contribution is -2.18. The van der Waals surface area contributed by atoms with Gasteiger partial charge >= 0.3 is 0 Å². The van der Waals surface area contributed by atoms with E-state index in [-0.39, 0.29) is 0 Å². The van der Waals surface area contributed by atoms with E-state index in [0.29, 0.717) is 6.04 Å². The van der Waals surface area contributed by atoms with Crippen LogP contribution in [0.4, 0.5) is 11.5 Å². The zero-order valence-corrected chi connectivity index (χ0v) is 10.8. The predicted molar refractivity (Wildman–Crippen MR) is 71.2 cm³/mol. The van der Waals surface area contributed by atoms with E-state index < -0.39 is 0 Å². The van der Waals surface area contributed by atoms with Gasteiger partial charge in [0.1, 0.15) is 5.82 Å². The molecule has 0 aromatic carbocycles. The Kier molecular flexibility index (Phi) is 5.09. The first-order valence-corrected chi connectivity index (χ1v) is 6.07. The summed E-state index contributed by atoms with van der Waals surface area (Å²) in [5, 5.41) is 3.51. The molecule has 3 heteroatoms. The van der Waals surface area contributed by atoms with E-state index in [0.717, 1.165) is 17.9 Å². The van der Waals surface area contributed by atoms with E-state index in [9.17, 15) is 0 Å². The van der Waals surface area contributed by atoms with Crippen molar-refractivity contribution in [3.8, 4) is 0 Å². The minimum absolute atomic E-state index is 0.567. The van der Waals surface area contributed by atoms with Gasteiger partial charge in [-0.3, -0.25) is 0 Å². The number of rotatable bonds is 6. The standard InChI is InChI=1S/C13H23N3/c1-5-7-11(6-2)15-12-8-9-13(14-10-12)16(3)4/h8-11,15H,5-7H2,1-4H3. The zero-order valence-electron chi connectivity index (χ0n) is 10.8. The van der Waals surface area contributed by atoms with Gasteiger partial charge in [-0.25, -0.2) is 4.98 Å². The van der Waals surface area contributed by atoms with E-state index >= 15 is 0 Å². The molecular weight excluding hydrogens is 198 g/mol. The van der Waals surface area contributed by atoms with Gasteiger partial charge in [0.05, 0.1) is 11.9 Å². The lowest BCUT2D eigenvalue weighted by Gasteiger charge is -2.18. The second kappa shape index (κ2) is 6.36. The van der Waals surface area contributed by atoms with Crippen molar-refractivity contribution in [3.05, 3.63) is 18.3 Å². The molecule has 16 heavy (non-hydrogen) atoms. The molecule has 0 saturated heterocycles. The monoisotopic (exact) mass is 221 g/mol. The highest BCUT2D eigenvalue weighted by Crippen LogP contribution is 2.15. The lowest BCUT2D eigenvalue weighted by molar-refractivity contribution is 0.622. The summed E-state index contributed by atoms with van der Waals surface area (Å²) in [5.74, 6) is 0.995. The molecule has 1 rings (SSSR count). The maximum atomic E-state index is 4.39. The maximum absolute atomic E-state index is 4.39. The summed E-state index contributed by atoms with van der Waals surface area (Å²) in [4.78, 5) is 6.40. The molecule has 0 aliphatic heterocycles. The van der Waals surface area contributed by atoms with Crippen LogP contribution in [0, 0.1) is 0 Å². The first-order valence-electron chi connectivity index (χ1n) is 6.07. The number of nitrogens with one attached hydrogen (secondary N) is 1. The van der Waals surface area contributed by atoms with Gasteiger partial charge in [-0.1, -0.05) is 20.3 Å². The molecule has 1 N–H and O–H groups in total. The smallest absolute Gasteiger partial charge is 0.128 e. The highest BCUT2D eigenvalue weighted by molar-refractivity contribution is 5.48. The van der Waals surface area contributed by atoms with Crippen molar-refractivity contribution in [2.45, 2.75) is 39.2 Å². The van der Waals surface area contributed by atoms with Crippen LogP contribution in [0.1, 0.15) is 33.1 Å². The third-order valence-corrected chi connectivity index (χ3v) is 2.71. The van der Waals surface area contributed by atoms with Gasteiger partial charge in [-0.2, -0.15) is 0 Å². The van der Waals surface area contributed by atoms with Gasteiger partial charge in [0.15, 0.2) is 0 Å². The lowest BCUT2D eigenvalue weighted by atomic mass is 10.1. The summed E-state index contributed by atoms with van der Waals surface area (Å²) in [6, 6.07) is 4.71. The van der Waals surface area contributed by atoms with E-state index in [1.165, 1.54) is 12.8 Å².